The zero-order chi connectivity index (χ0) is 16.8. The maximum Gasteiger partial charge on any atom is 0.231 e. The quantitative estimate of drug-likeness (QED) is 0.815. The first kappa shape index (κ1) is 16.5. The van der Waals surface area contributed by atoms with Gasteiger partial charge in [-0.25, -0.2) is 0 Å². The fraction of sp³-hybridized carbons (Fsp3) is 0.429. The maximum absolute atomic E-state index is 13.0. The third kappa shape index (κ3) is 3.59. The molecule has 1 aliphatic rings. The molecule has 0 aliphatic heterocycles. The minimum absolute atomic E-state index is 0.102. The molecule has 24 heavy (non-hydrogen) atoms. The van der Waals surface area contributed by atoms with Gasteiger partial charge in [0, 0.05) is 18.2 Å². The van der Waals surface area contributed by atoms with Crippen molar-refractivity contribution in [2.45, 2.75) is 51.9 Å². The van der Waals surface area contributed by atoms with Crippen LogP contribution in [-0.4, -0.2) is 10.9 Å². The van der Waals surface area contributed by atoms with Gasteiger partial charge in [0.2, 0.25) is 5.91 Å². The molecule has 0 spiro atoms. The summed E-state index contributed by atoms with van der Waals surface area (Å²) in [5.74, 6) is 6.44. The van der Waals surface area contributed by atoms with Crippen molar-refractivity contribution in [3.8, 4) is 11.8 Å². The molecule has 0 radical (unpaired) electrons. The Morgan fingerprint density at radius 1 is 1.21 bits per heavy atom. The largest absolute Gasteiger partial charge is 0.324 e. The van der Waals surface area contributed by atoms with Gasteiger partial charge in [0.25, 0.3) is 0 Å². The van der Waals surface area contributed by atoms with Crippen LogP contribution in [0.3, 0.4) is 0 Å². The maximum atomic E-state index is 13.0. The second kappa shape index (κ2) is 7.49. The van der Waals surface area contributed by atoms with Crippen molar-refractivity contribution >= 4 is 22.5 Å². The van der Waals surface area contributed by atoms with Gasteiger partial charge in [-0.1, -0.05) is 44.4 Å². The van der Waals surface area contributed by atoms with Gasteiger partial charge >= 0.3 is 0 Å². The Hall–Kier alpha value is -2.34. The van der Waals surface area contributed by atoms with E-state index in [0.29, 0.717) is 6.42 Å². The van der Waals surface area contributed by atoms with Gasteiger partial charge in [-0.2, -0.15) is 0 Å². The van der Waals surface area contributed by atoms with Crippen molar-refractivity contribution in [2.24, 2.45) is 5.41 Å². The van der Waals surface area contributed by atoms with Crippen LogP contribution >= 0.6 is 0 Å². The van der Waals surface area contributed by atoms with E-state index in [1.54, 1.807) is 6.20 Å². The van der Waals surface area contributed by atoms with Gasteiger partial charge in [-0.3, -0.25) is 9.78 Å². The Labute approximate surface area is 143 Å². The van der Waals surface area contributed by atoms with Gasteiger partial charge < -0.3 is 5.32 Å². The molecule has 1 heterocycles. The fourth-order valence-corrected chi connectivity index (χ4v) is 3.47. The second-order valence-electron chi connectivity index (χ2n) is 6.60. The Bertz CT molecular complexity index is 779. The van der Waals surface area contributed by atoms with Crippen LogP contribution in [0.4, 0.5) is 5.69 Å². The van der Waals surface area contributed by atoms with E-state index in [0.717, 1.165) is 48.7 Å². The molecule has 3 heteroatoms. The highest BCUT2D eigenvalue weighted by molar-refractivity contribution is 5.97. The monoisotopic (exact) mass is 320 g/mol. The van der Waals surface area contributed by atoms with E-state index in [1.807, 2.05) is 37.3 Å². The molecule has 1 fully saturated rings. The molecular formula is C21H24N2O. The number of rotatable bonds is 3. The number of hydrogen-bond donors (Lipinski definition) is 1. The van der Waals surface area contributed by atoms with Crippen molar-refractivity contribution in [3.63, 3.8) is 0 Å². The molecule has 1 aromatic carbocycles. The van der Waals surface area contributed by atoms with Crippen molar-refractivity contribution in [2.75, 3.05) is 5.32 Å². The minimum Gasteiger partial charge on any atom is -0.324 e. The Morgan fingerprint density at radius 3 is 2.79 bits per heavy atom. The molecule has 0 bridgehead atoms. The Kier molecular flexibility index (Phi) is 5.15. The van der Waals surface area contributed by atoms with Crippen LogP contribution in [0.15, 0.2) is 36.5 Å². The lowest BCUT2D eigenvalue weighted by Gasteiger charge is -2.34. The lowest BCUT2D eigenvalue weighted by atomic mass is 9.71. The molecular weight excluding hydrogens is 296 g/mol. The lowest BCUT2D eigenvalue weighted by Crippen LogP contribution is -2.37. The van der Waals surface area contributed by atoms with Crippen molar-refractivity contribution in [1.29, 1.82) is 0 Å². The summed E-state index contributed by atoms with van der Waals surface area (Å²) in [7, 11) is 0. The van der Waals surface area contributed by atoms with E-state index < -0.39 is 0 Å². The number of amides is 1. The zero-order valence-corrected chi connectivity index (χ0v) is 14.3. The summed E-state index contributed by atoms with van der Waals surface area (Å²) in [4.78, 5) is 17.4. The third-order valence-corrected chi connectivity index (χ3v) is 4.87. The molecule has 1 saturated carbocycles. The van der Waals surface area contributed by atoms with Gasteiger partial charge in [0.1, 0.15) is 0 Å². The predicted molar refractivity (Wildman–Crippen MR) is 98.6 cm³/mol. The lowest BCUT2D eigenvalue weighted by molar-refractivity contribution is -0.127. The topological polar surface area (TPSA) is 42.0 Å². The summed E-state index contributed by atoms with van der Waals surface area (Å²) < 4.78 is 0. The zero-order valence-electron chi connectivity index (χ0n) is 14.3. The summed E-state index contributed by atoms with van der Waals surface area (Å²) in [5, 5.41) is 4.14. The van der Waals surface area contributed by atoms with Crippen LogP contribution in [0.25, 0.3) is 10.9 Å². The Morgan fingerprint density at radius 2 is 2.00 bits per heavy atom. The number of pyridine rings is 1. The number of para-hydroxylation sites is 1. The number of fused-ring (bicyclic) bond motifs is 1. The SMILES string of the molecule is CCC#CCC1(C(=O)Nc2cnc3ccccc3c2)CCCCC1. The highest BCUT2D eigenvalue weighted by Gasteiger charge is 2.38. The third-order valence-electron chi connectivity index (χ3n) is 4.87. The highest BCUT2D eigenvalue weighted by Crippen LogP contribution is 2.40. The Balaban J connectivity index is 1.81. The molecule has 1 aromatic heterocycles. The summed E-state index contributed by atoms with van der Waals surface area (Å²) >= 11 is 0. The minimum atomic E-state index is -0.341. The standard InChI is InChI=1S/C21H24N2O/c1-2-3-7-12-21(13-8-4-9-14-21)20(24)23-18-15-17-10-5-6-11-19(17)22-16-18/h5-6,10-11,15-16H,2,4,8-9,12-14H2,1H3,(H,23,24). The molecule has 124 valence electrons. The molecule has 1 aliphatic carbocycles. The molecule has 0 atom stereocenters. The molecule has 1 N–H and O–H groups in total. The highest BCUT2D eigenvalue weighted by atomic mass is 16.2. The second-order valence-corrected chi connectivity index (χ2v) is 6.60. The van der Waals surface area contributed by atoms with Crippen molar-refractivity contribution in [1.82, 2.24) is 4.98 Å². The predicted octanol–water partition coefficient (Wildman–Crippen LogP) is 4.93. The number of nitrogens with one attached hydrogen (secondary N) is 1. The van der Waals surface area contributed by atoms with Crippen LogP contribution in [0.5, 0.6) is 0 Å². The average Bonchev–Trinajstić information content (AvgIpc) is 2.62. The summed E-state index contributed by atoms with van der Waals surface area (Å²) in [6.07, 6.45) is 8.53. The fourth-order valence-electron chi connectivity index (χ4n) is 3.47. The van der Waals surface area contributed by atoms with Gasteiger partial charge in [0.05, 0.1) is 22.8 Å². The van der Waals surface area contributed by atoms with Crippen molar-refractivity contribution in [3.05, 3.63) is 36.5 Å². The molecule has 0 saturated heterocycles. The van der Waals surface area contributed by atoms with Crippen LogP contribution in [-0.2, 0) is 4.79 Å². The van der Waals surface area contributed by atoms with E-state index in [2.05, 4.69) is 22.1 Å². The number of hydrogen-bond acceptors (Lipinski definition) is 2. The number of carbonyl (C=O) groups excluding carboxylic acids is 1. The molecule has 2 aromatic rings. The molecule has 3 nitrogen and oxygen atoms in total. The summed E-state index contributed by atoms with van der Waals surface area (Å²) in [6, 6.07) is 9.94. The van der Waals surface area contributed by atoms with Gasteiger partial charge in [0.15, 0.2) is 0 Å². The first-order chi connectivity index (χ1) is 11.7. The van der Waals surface area contributed by atoms with Crippen LogP contribution < -0.4 is 5.32 Å². The molecule has 3 rings (SSSR count). The van der Waals surface area contributed by atoms with Crippen LogP contribution in [0.1, 0.15) is 51.9 Å². The molecule has 1 amide bonds. The molecule has 0 unspecified atom stereocenters. The van der Waals surface area contributed by atoms with Gasteiger partial charge in [-0.05, 0) is 25.0 Å². The average molecular weight is 320 g/mol. The van der Waals surface area contributed by atoms with E-state index >= 15 is 0 Å². The van der Waals surface area contributed by atoms with E-state index in [-0.39, 0.29) is 11.3 Å². The number of aromatic nitrogens is 1. The summed E-state index contributed by atoms with van der Waals surface area (Å²) in [6.45, 7) is 2.04. The first-order valence-corrected chi connectivity index (χ1v) is 8.85. The van der Waals surface area contributed by atoms with E-state index in [1.165, 1.54) is 6.42 Å². The van der Waals surface area contributed by atoms with Crippen LogP contribution in [0, 0.1) is 17.3 Å². The smallest absolute Gasteiger partial charge is 0.231 e. The number of carbonyl (C=O) groups is 1. The number of anilines is 1. The first-order valence-electron chi connectivity index (χ1n) is 8.85. The van der Waals surface area contributed by atoms with E-state index in [9.17, 15) is 4.79 Å². The number of benzene rings is 1. The normalized spacial score (nSPS) is 16.2. The number of nitrogens with zero attached hydrogens (tertiary/aromatic N) is 1. The van der Waals surface area contributed by atoms with Crippen LogP contribution in [0.2, 0.25) is 0 Å². The van der Waals surface area contributed by atoms with Crippen molar-refractivity contribution < 1.29 is 4.79 Å². The van der Waals surface area contributed by atoms with Gasteiger partial charge in [-0.15, -0.1) is 11.8 Å². The summed E-state index contributed by atoms with van der Waals surface area (Å²) in [5.41, 5.74) is 1.37. The van der Waals surface area contributed by atoms with E-state index in [4.69, 9.17) is 0 Å².